The van der Waals surface area contributed by atoms with Crippen LogP contribution in [0.3, 0.4) is 0 Å². The second-order valence-electron chi connectivity index (χ2n) is 6.78. The van der Waals surface area contributed by atoms with E-state index >= 15 is 0 Å². The predicted octanol–water partition coefficient (Wildman–Crippen LogP) is 1.08. The van der Waals surface area contributed by atoms with E-state index in [2.05, 4.69) is 30.6 Å². The van der Waals surface area contributed by atoms with Crippen LogP contribution in [0.4, 0.5) is 5.82 Å². The van der Waals surface area contributed by atoms with Crippen molar-refractivity contribution in [3.63, 3.8) is 0 Å². The zero-order chi connectivity index (χ0) is 18.8. The smallest absolute Gasteiger partial charge is 0.253 e. The standard InChI is InChI=1S/C19H23N7O/c1-13-9-16(12-26-18(13)23-14(2)24-26)19(27)22-11-15-3-4-21-17(10-15)25-7-5-20-6-8-25/h3-4,9-10,12,20H,5-8,11H2,1-2H3,(H,22,27). The van der Waals surface area contributed by atoms with Crippen molar-refractivity contribution in [2.75, 3.05) is 31.1 Å². The van der Waals surface area contributed by atoms with E-state index in [0.29, 0.717) is 17.9 Å². The van der Waals surface area contributed by atoms with Crippen LogP contribution in [-0.2, 0) is 6.54 Å². The zero-order valence-corrected chi connectivity index (χ0v) is 15.6. The second kappa shape index (κ2) is 7.32. The first kappa shape index (κ1) is 17.4. The number of rotatable bonds is 4. The van der Waals surface area contributed by atoms with Crippen molar-refractivity contribution in [3.05, 3.63) is 53.1 Å². The number of aryl methyl sites for hydroxylation is 2. The van der Waals surface area contributed by atoms with E-state index < -0.39 is 0 Å². The normalized spacial score (nSPS) is 14.5. The monoisotopic (exact) mass is 365 g/mol. The molecule has 0 spiro atoms. The minimum absolute atomic E-state index is 0.131. The molecule has 1 amide bonds. The van der Waals surface area contributed by atoms with Crippen molar-refractivity contribution in [2.24, 2.45) is 0 Å². The van der Waals surface area contributed by atoms with Crippen LogP contribution in [0.1, 0.15) is 27.3 Å². The summed E-state index contributed by atoms with van der Waals surface area (Å²) in [5.74, 6) is 1.51. The Bertz CT molecular complexity index is 975. The maximum absolute atomic E-state index is 12.6. The predicted molar refractivity (Wildman–Crippen MR) is 103 cm³/mol. The van der Waals surface area contributed by atoms with Crippen LogP contribution >= 0.6 is 0 Å². The number of piperazine rings is 1. The van der Waals surface area contributed by atoms with Gasteiger partial charge in [0.25, 0.3) is 5.91 Å². The number of pyridine rings is 2. The lowest BCUT2D eigenvalue weighted by Gasteiger charge is -2.28. The van der Waals surface area contributed by atoms with Crippen LogP contribution in [-0.4, -0.2) is 51.7 Å². The highest BCUT2D eigenvalue weighted by molar-refractivity contribution is 5.94. The lowest BCUT2D eigenvalue weighted by atomic mass is 10.2. The van der Waals surface area contributed by atoms with Crippen molar-refractivity contribution in [2.45, 2.75) is 20.4 Å². The van der Waals surface area contributed by atoms with Gasteiger partial charge in [0.2, 0.25) is 0 Å². The van der Waals surface area contributed by atoms with Crippen molar-refractivity contribution in [3.8, 4) is 0 Å². The molecule has 3 aromatic heterocycles. The molecule has 1 saturated heterocycles. The first-order valence-electron chi connectivity index (χ1n) is 9.12. The van der Waals surface area contributed by atoms with Crippen LogP contribution in [0.5, 0.6) is 0 Å². The highest BCUT2D eigenvalue weighted by atomic mass is 16.1. The van der Waals surface area contributed by atoms with Gasteiger partial charge in [0.1, 0.15) is 11.6 Å². The number of carbonyl (C=O) groups is 1. The molecule has 3 aromatic rings. The largest absolute Gasteiger partial charge is 0.354 e. The third-order valence-corrected chi connectivity index (χ3v) is 4.69. The minimum Gasteiger partial charge on any atom is -0.354 e. The Balaban J connectivity index is 1.46. The summed E-state index contributed by atoms with van der Waals surface area (Å²) in [6, 6.07) is 5.82. The van der Waals surface area contributed by atoms with Gasteiger partial charge in [0.15, 0.2) is 5.65 Å². The van der Waals surface area contributed by atoms with Gasteiger partial charge in [0.05, 0.1) is 5.56 Å². The van der Waals surface area contributed by atoms with Gasteiger partial charge in [0, 0.05) is 45.1 Å². The van der Waals surface area contributed by atoms with Crippen molar-refractivity contribution in [1.82, 2.24) is 30.2 Å². The molecule has 0 atom stereocenters. The molecule has 1 aliphatic rings. The number of nitrogens with one attached hydrogen (secondary N) is 2. The first-order valence-corrected chi connectivity index (χ1v) is 9.12. The molecule has 27 heavy (non-hydrogen) atoms. The number of nitrogens with zero attached hydrogens (tertiary/aromatic N) is 5. The van der Waals surface area contributed by atoms with E-state index in [-0.39, 0.29) is 5.91 Å². The Hall–Kier alpha value is -3.00. The summed E-state index contributed by atoms with van der Waals surface area (Å²) in [5, 5.41) is 10.6. The van der Waals surface area contributed by atoms with Gasteiger partial charge in [-0.15, -0.1) is 0 Å². The second-order valence-corrected chi connectivity index (χ2v) is 6.78. The van der Waals surface area contributed by atoms with Crippen molar-refractivity contribution in [1.29, 1.82) is 0 Å². The molecule has 2 N–H and O–H groups in total. The van der Waals surface area contributed by atoms with E-state index in [4.69, 9.17) is 0 Å². The summed E-state index contributed by atoms with van der Waals surface area (Å²) in [4.78, 5) is 23.7. The molecule has 8 nitrogen and oxygen atoms in total. The maximum atomic E-state index is 12.6. The number of carbonyl (C=O) groups excluding carboxylic acids is 1. The fourth-order valence-electron chi connectivity index (χ4n) is 3.30. The molecular formula is C19H23N7O. The number of fused-ring (bicyclic) bond motifs is 1. The van der Waals surface area contributed by atoms with E-state index in [9.17, 15) is 4.79 Å². The number of anilines is 1. The molecule has 0 bridgehead atoms. The lowest BCUT2D eigenvalue weighted by molar-refractivity contribution is 0.0950. The summed E-state index contributed by atoms with van der Waals surface area (Å²) < 4.78 is 1.66. The molecule has 0 unspecified atom stereocenters. The topological polar surface area (TPSA) is 87.5 Å². The van der Waals surface area contributed by atoms with E-state index in [1.54, 1.807) is 16.9 Å². The maximum Gasteiger partial charge on any atom is 0.253 e. The molecule has 1 fully saturated rings. The van der Waals surface area contributed by atoms with Crippen molar-refractivity contribution >= 4 is 17.4 Å². The number of aromatic nitrogens is 4. The Morgan fingerprint density at radius 2 is 2.07 bits per heavy atom. The summed E-state index contributed by atoms with van der Waals surface area (Å²) >= 11 is 0. The number of hydrogen-bond donors (Lipinski definition) is 2. The van der Waals surface area contributed by atoms with Crippen molar-refractivity contribution < 1.29 is 4.79 Å². The number of amides is 1. The Kier molecular flexibility index (Phi) is 4.72. The van der Waals surface area contributed by atoms with Crippen LogP contribution in [0.15, 0.2) is 30.6 Å². The van der Waals surface area contributed by atoms with Gasteiger partial charge in [-0.05, 0) is 43.2 Å². The Labute approximate surface area is 157 Å². The van der Waals surface area contributed by atoms with E-state index in [1.165, 1.54) is 0 Å². The summed E-state index contributed by atoms with van der Waals surface area (Å²) in [5.41, 5.74) is 3.30. The molecule has 0 radical (unpaired) electrons. The molecule has 0 saturated carbocycles. The van der Waals surface area contributed by atoms with Gasteiger partial charge < -0.3 is 15.5 Å². The summed E-state index contributed by atoms with van der Waals surface area (Å²) in [6.07, 6.45) is 3.52. The van der Waals surface area contributed by atoms with E-state index in [1.807, 2.05) is 32.0 Å². The van der Waals surface area contributed by atoms with Gasteiger partial charge in [-0.25, -0.2) is 14.5 Å². The molecule has 0 aromatic carbocycles. The Morgan fingerprint density at radius 1 is 1.26 bits per heavy atom. The van der Waals surface area contributed by atoms with Gasteiger partial charge in [-0.2, -0.15) is 5.10 Å². The Morgan fingerprint density at radius 3 is 2.89 bits per heavy atom. The van der Waals surface area contributed by atoms with Crippen LogP contribution in [0.2, 0.25) is 0 Å². The fraction of sp³-hybridized carbons (Fsp3) is 0.368. The lowest BCUT2D eigenvalue weighted by Crippen LogP contribution is -2.43. The summed E-state index contributed by atoms with van der Waals surface area (Å²) in [6.45, 7) is 8.04. The third-order valence-electron chi connectivity index (χ3n) is 4.69. The molecular weight excluding hydrogens is 342 g/mol. The van der Waals surface area contributed by atoms with Crippen LogP contribution in [0.25, 0.3) is 5.65 Å². The van der Waals surface area contributed by atoms with Gasteiger partial charge >= 0.3 is 0 Å². The first-order chi connectivity index (χ1) is 13.1. The summed E-state index contributed by atoms with van der Waals surface area (Å²) in [7, 11) is 0. The molecule has 8 heteroatoms. The zero-order valence-electron chi connectivity index (χ0n) is 15.6. The van der Waals surface area contributed by atoms with Crippen LogP contribution in [0, 0.1) is 13.8 Å². The third kappa shape index (κ3) is 3.75. The quantitative estimate of drug-likeness (QED) is 0.719. The van der Waals surface area contributed by atoms with Gasteiger partial charge in [-0.1, -0.05) is 0 Å². The average Bonchev–Trinajstić information content (AvgIpc) is 3.08. The highest BCUT2D eigenvalue weighted by Crippen LogP contribution is 2.14. The molecule has 4 rings (SSSR count). The molecule has 140 valence electrons. The molecule has 0 aliphatic carbocycles. The molecule has 4 heterocycles. The average molecular weight is 365 g/mol. The SMILES string of the molecule is Cc1nc2c(C)cc(C(=O)NCc3ccnc(N4CCNCC4)c3)cn2n1. The fourth-order valence-corrected chi connectivity index (χ4v) is 3.30. The van der Waals surface area contributed by atoms with Crippen LogP contribution < -0.4 is 15.5 Å². The van der Waals surface area contributed by atoms with Gasteiger partial charge in [-0.3, -0.25) is 4.79 Å². The van der Waals surface area contributed by atoms with E-state index in [0.717, 1.165) is 48.8 Å². The number of hydrogen-bond acceptors (Lipinski definition) is 6. The molecule has 1 aliphatic heterocycles. The minimum atomic E-state index is -0.131. The highest BCUT2D eigenvalue weighted by Gasteiger charge is 2.13.